The lowest BCUT2D eigenvalue weighted by atomic mass is 9.90. The first-order valence-corrected chi connectivity index (χ1v) is 6.55. The summed E-state index contributed by atoms with van der Waals surface area (Å²) >= 11 is 0. The van der Waals surface area contributed by atoms with Crippen molar-refractivity contribution in [2.45, 2.75) is 52.1 Å². The molecule has 4 heteroatoms. The average Bonchev–Trinajstić information content (AvgIpc) is 2.32. The number of ether oxygens (including phenoxy) is 4. The first-order chi connectivity index (χ1) is 8.44. The molecule has 0 aromatic carbocycles. The lowest BCUT2D eigenvalue weighted by molar-refractivity contribution is -0.165. The van der Waals surface area contributed by atoms with E-state index in [9.17, 15) is 0 Å². The van der Waals surface area contributed by atoms with Crippen LogP contribution in [-0.2, 0) is 18.9 Å². The lowest BCUT2D eigenvalue weighted by Gasteiger charge is -2.38. The summed E-state index contributed by atoms with van der Waals surface area (Å²) < 4.78 is 22.4. The fourth-order valence-electron chi connectivity index (χ4n) is 2.48. The summed E-state index contributed by atoms with van der Waals surface area (Å²) in [5.41, 5.74) is 0. The van der Waals surface area contributed by atoms with Gasteiger partial charge in [-0.3, -0.25) is 0 Å². The second kappa shape index (κ2) is 8.86. The molecule has 0 saturated carbocycles. The maximum absolute atomic E-state index is 5.62. The Bertz CT molecular complexity index is 184. The van der Waals surface area contributed by atoms with Gasteiger partial charge in [0.2, 0.25) is 0 Å². The molecule has 0 amide bonds. The number of rotatable bonds is 9. The van der Waals surface area contributed by atoms with Gasteiger partial charge >= 0.3 is 0 Å². The third-order valence-electron chi connectivity index (χ3n) is 3.37. The van der Waals surface area contributed by atoms with E-state index >= 15 is 0 Å². The van der Waals surface area contributed by atoms with Crippen LogP contribution in [0.3, 0.4) is 0 Å². The quantitative estimate of drug-likeness (QED) is 0.639. The van der Waals surface area contributed by atoms with Crippen LogP contribution in [0.4, 0.5) is 0 Å². The zero-order valence-electron chi connectivity index (χ0n) is 13.1. The highest BCUT2D eigenvalue weighted by molar-refractivity contribution is 4.87. The molecule has 0 rings (SSSR count). The Morgan fingerprint density at radius 1 is 0.444 bits per heavy atom. The molecule has 0 saturated heterocycles. The molecule has 4 atom stereocenters. The topological polar surface area (TPSA) is 36.9 Å². The Kier molecular flexibility index (Phi) is 8.78. The van der Waals surface area contributed by atoms with Crippen molar-refractivity contribution in [1.82, 2.24) is 0 Å². The molecule has 0 N–H and O–H groups in total. The predicted molar refractivity (Wildman–Crippen MR) is 72.9 cm³/mol. The summed E-state index contributed by atoms with van der Waals surface area (Å²) in [6.45, 7) is 8.46. The van der Waals surface area contributed by atoms with Crippen LogP contribution in [0.5, 0.6) is 0 Å². The van der Waals surface area contributed by atoms with Gasteiger partial charge in [0.15, 0.2) is 0 Å². The number of hydrogen-bond acceptors (Lipinski definition) is 4. The van der Waals surface area contributed by atoms with Crippen molar-refractivity contribution in [3.05, 3.63) is 0 Å². The van der Waals surface area contributed by atoms with E-state index in [2.05, 4.69) is 27.7 Å². The minimum Gasteiger partial charge on any atom is -0.378 e. The van der Waals surface area contributed by atoms with E-state index in [0.29, 0.717) is 11.8 Å². The Hall–Kier alpha value is -0.160. The van der Waals surface area contributed by atoms with Crippen molar-refractivity contribution in [1.29, 1.82) is 0 Å². The van der Waals surface area contributed by atoms with Crippen LogP contribution in [0, 0.1) is 11.8 Å². The maximum Gasteiger partial charge on any atom is 0.112 e. The van der Waals surface area contributed by atoms with Gasteiger partial charge in [-0.25, -0.2) is 0 Å². The van der Waals surface area contributed by atoms with E-state index in [-0.39, 0.29) is 24.4 Å². The molecule has 18 heavy (non-hydrogen) atoms. The maximum atomic E-state index is 5.62. The summed E-state index contributed by atoms with van der Waals surface area (Å²) in [5.74, 6) is 0.699. The van der Waals surface area contributed by atoms with Gasteiger partial charge in [0.1, 0.15) is 12.2 Å². The molecule has 0 bridgehead atoms. The van der Waals surface area contributed by atoms with E-state index in [4.69, 9.17) is 18.9 Å². The molecule has 0 aromatic heterocycles. The largest absolute Gasteiger partial charge is 0.378 e. The predicted octanol–water partition coefficient (Wildman–Crippen LogP) is 2.36. The Labute approximate surface area is 112 Å². The van der Waals surface area contributed by atoms with Crippen LogP contribution in [0.2, 0.25) is 0 Å². The molecule has 0 spiro atoms. The van der Waals surface area contributed by atoms with E-state index in [0.717, 1.165) is 0 Å². The number of hydrogen-bond donors (Lipinski definition) is 0. The summed E-state index contributed by atoms with van der Waals surface area (Å²) in [6.07, 6.45) is -0.326. The van der Waals surface area contributed by atoms with Crippen molar-refractivity contribution >= 4 is 0 Å². The van der Waals surface area contributed by atoms with Crippen LogP contribution >= 0.6 is 0 Å². The lowest BCUT2D eigenvalue weighted by Crippen LogP contribution is -2.51. The highest BCUT2D eigenvalue weighted by Gasteiger charge is 2.38. The molecule has 0 fully saturated rings. The van der Waals surface area contributed by atoms with Crippen molar-refractivity contribution < 1.29 is 18.9 Å². The molecule has 4 nitrogen and oxygen atoms in total. The standard InChI is InChI=1S/C14H30O4/c1-9(2)11(15-5)13(17-7)14(18-8)12(16-6)10(3)4/h9-14H,1-8H3/t11-,12-,13+,14+/m1/s1. The smallest absolute Gasteiger partial charge is 0.112 e. The zero-order valence-corrected chi connectivity index (χ0v) is 13.1. The van der Waals surface area contributed by atoms with Crippen LogP contribution in [0.1, 0.15) is 27.7 Å². The first-order valence-electron chi connectivity index (χ1n) is 6.55. The normalized spacial score (nSPS) is 19.0. The van der Waals surface area contributed by atoms with Crippen molar-refractivity contribution in [2.24, 2.45) is 11.8 Å². The van der Waals surface area contributed by atoms with Crippen LogP contribution in [-0.4, -0.2) is 52.9 Å². The van der Waals surface area contributed by atoms with E-state index in [1.54, 1.807) is 28.4 Å². The van der Waals surface area contributed by atoms with Crippen molar-refractivity contribution in [3.63, 3.8) is 0 Å². The molecule has 0 aliphatic heterocycles. The van der Waals surface area contributed by atoms with E-state index < -0.39 is 0 Å². The Balaban J connectivity index is 5.06. The minimum atomic E-state index is -0.146. The SMILES string of the molecule is CO[C@H]([C@@H](OC)[C@H](OC)C(C)C)[C@H](OC)C(C)C. The van der Waals surface area contributed by atoms with Gasteiger partial charge in [-0.2, -0.15) is 0 Å². The molecule has 0 heterocycles. The summed E-state index contributed by atoms with van der Waals surface area (Å²) in [7, 11) is 6.80. The second-order valence-corrected chi connectivity index (χ2v) is 5.29. The van der Waals surface area contributed by atoms with Crippen molar-refractivity contribution in [3.8, 4) is 0 Å². The third-order valence-corrected chi connectivity index (χ3v) is 3.37. The third kappa shape index (κ3) is 4.50. The molecule has 110 valence electrons. The van der Waals surface area contributed by atoms with E-state index in [1.165, 1.54) is 0 Å². The zero-order chi connectivity index (χ0) is 14.3. The first kappa shape index (κ1) is 17.8. The molecule has 0 radical (unpaired) electrons. The monoisotopic (exact) mass is 262 g/mol. The highest BCUT2D eigenvalue weighted by atomic mass is 16.6. The second-order valence-electron chi connectivity index (χ2n) is 5.29. The fourth-order valence-corrected chi connectivity index (χ4v) is 2.48. The van der Waals surface area contributed by atoms with Gasteiger partial charge in [-0.1, -0.05) is 27.7 Å². The minimum absolute atomic E-state index is 0.0173. The van der Waals surface area contributed by atoms with Gasteiger partial charge in [0.25, 0.3) is 0 Å². The van der Waals surface area contributed by atoms with Gasteiger partial charge in [-0.15, -0.1) is 0 Å². The average molecular weight is 262 g/mol. The fraction of sp³-hybridized carbons (Fsp3) is 1.00. The van der Waals surface area contributed by atoms with E-state index in [1.807, 2.05) is 0 Å². The molecular weight excluding hydrogens is 232 g/mol. The van der Waals surface area contributed by atoms with Gasteiger partial charge in [0.05, 0.1) is 12.2 Å². The van der Waals surface area contributed by atoms with Gasteiger partial charge < -0.3 is 18.9 Å². The molecule has 0 aliphatic rings. The number of methoxy groups -OCH3 is 4. The summed E-state index contributed by atoms with van der Waals surface area (Å²) in [4.78, 5) is 0. The van der Waals surface area contributed by atoms with Gasteiger partial charge in [0, 0.05) is 28.4 Å². The molecule has 0 aliphatic carbocycles. The Morgan fingerprint density at radius 3 is 0.778 bits per heavy atom. The molecule has 0 aromatic rings. The molecular formula is C14H30O4. The highest BCUT2D eigenvalue weighted by Crippen LogP contribution is 2.24. The van der Waals surface area contributed by atoms with Crippen LogP contribution < -0.4 is 0 Å². The summed E-state index contributed by atoms with van der Waals surface area (Å²) in [6, 6.07) is 0. The van der Waals surface area contributed by atoms with Crippen LogP contribution in [0.25, 0.3) is 0 Å². The van der Waals surface area contributed by atoms with Gasteiger partial charge in [-0.05, 0) is 11.8 Å². The molecule has 0 unspecified atom stereocenters. The Morgan fingerprint density at radius 2 is 0.667 bits per heavy atom. The van der Waals surface area contributed by atoms with Crippen LogP contribution in [0.15, 0.2) is 0 Å². The van der Waals surface area contributed by atoms with Crippen molar-refractivity contribution in [2.75, 3.05) is 28.4 Å². The summed E-state index contributed by atoms with van der Waals surface area (Å²) in [5, 5.41) is 0.